The van der Waals surface area contributed by atoms with Crippen LogP contribution >= 0.6 is 0 Å². The molecule has 3 rings (SSSR count). The minimum Gasteiger partial charge on any atom is -0.481 e. The number of aromatic carboxylic acids is 1. The Balaban J connectivity index is 2.01. The zero-order valence-electron chi connectivity index (χ0n) is 11.2. The van der Waals surface area contributed by atoms with Crippen molar-refractivity contribution in [3.63, 3.8) is 0 Å². The van der Waals surface area contributed by atoms with Gasteiger partial charge in [0.1, 0.15) is 5.82 Å². The third-order valence-electron chi connectivity index (χ3n) is 4.52. The molecule has 1 aliphatic carbocycles. The van der Waals surface area contributed by atoms with Gasteiger partial charge in [-0.2, -0.15) is 0 Å². The first-order valence-electron chi connectivity index (χ1n) is 7.13. The summed E-state index contributed by atoms with van der Waals surface area (Å²) >= 11 is 0. The highest BCUT2D eigenvalue weighted by molar-refractivity contribution is 5.87. The number of aromatic nitrogens is 2. The first-order chi connectivity index (χ1) is 9.58. The van der Waals surface area contributed by atoms with Gasteiger partial charge >= 0.3 is 11.9 Å². The SMILES string of the molecule is O=C(O)c1nc(C2CCCC2)n2c1CC(C(=O)O)CC2. The molecule has 108 valence electrons. The van der Waals surface area contributed by atoms with Gasteiger partial charge in [0.05, 0.1) is 11.6 Å². The summed E-state index contributed by atoms with van der Waals surface area (Å²) in [7, 11) is 0. The van der Waals surface area contributed by atoms with E-state index in [1.807, 2.05) is 4.57 Å². The average Bonchev–Trinajstić information content (AvgIpc) is 3.04. The van der Waals surface area contributed by atoms with Gasteiger partial charge in [-0.25, -0.2) is 9.78 Å². The molecule has 0 radical (unpaired) electrons. The van der Waals surface area contributed by atoms with Crippen LogP contribution in [0.4, 0.5) is 0 Å². The molecule has 1 aliphatic heterocycles. The Hall–Kier alpha value is -1.85. The molecule has 2 aliphatic rings. The van der Waals surface area contributed by atoms with Crippen molar-refractivity contribution >= 4 is 11.9 Å². The fraction of sp³-hybridized carbons (Fsp3) is 0.643. The number of aliphatic carboxylic acids is 1. The Bertz CT molecular complexity index is 558. The van der Waals surface area contributed by atoms with Gasteiger partial charge in [-0.3, -0.25) is 4.79 Å². The van der Waals surface area contributed by atoms with E-state index in [9.17, 15) is 14.7 Å². The van der Waals surface area contributed by atoms with Gasteiger partial charge in [-0.1, -0.05) is 12.8 Å². The topological polar surface area (TPSA) is 92.4 Å². The second kappa shape index (κ2) is 4.92. The molecule has 0 aromatic carbocycles. The van der Waals surface area contributed by atoms with Gasteiger partial charge < -0.3 is 14.8 Å². The van der Waals surface area contributed by atoms with E-state index in [4.69, 9.17) is 5.11 Å². The largest absolute Gasteiger partial charge is 0.481 e. The fourth-order valence-corrected chi connectivity index (χ4v) is 3.46. The monoisotopic (exact) mass is 278 g/mol. The second-order valence-electron chi connectivity index (χ2n) is 5.73. The van der Waals surface area contributed by atoms with Gasteiger partial charge in [-0.15, -0.1) is 0 Å². The van der Waals surface area contributed by atoms with Gasteiger partial charge in [0, 0.05) is 18.9 Å². The fourth-order valence-electron chi connectivity index (χ4n) is 3.46. The summed E-state index contributed by atoms with van der Waals surface area (Å²) in [6, 6.07) is 0. The number of carboxylic acids is 2. The number of carboxylic acid groups (broad SMARTS) is 2. The summed E-state index contributed by atoms with van der Waals surface area (Å²) in [6.45, 7) is 0.568. The van der Waals surface area contributed by atoms with Crippen LogP contribution < -0.4 is 0 Å². The van der Waals surface area contributed by atoms with Crippen LogP contribution in [-0.2, 0) is 17.8 Å². The van der Waals surface area contributed by atoms with Crippen LogP contribution in [0, 0.1) is 5.92 Å². The molecule has 0 spiro atoms. The normalized spacial score (nSPS) is 22.7. The molecule has 2 N–H and O–H groups in total. The Kier molecular flexibility index (Phi) is 3.23. The van der Waals surface area contributed by atoms with E-state index in [-0.39, 0.29) is 12.1 Å². The third-order valence-corrected chi connectivity index (χ3v) is 4.52. The molecule has 2 heterocycles. The minimum absolute atomic E-state index is 0.0536. The van der Waals surface area contributed by atoms with Gasteiger partial charge in [0.15, 0.2) is 5.69 Å². The van der Waals surface area contributed by atoms with Crippen molar-refractivity contribution in [1.29, 1.82) is 0 Å². The van der Waals surface area contributed by atoms with Crippen molar-refractivity contribution in [1.82, 2.24) is 9.55 Å². The molecule has 1 fully saturated rings. The maximum Gasteiger partial charge on any atom is 0.356 e. The zero-order valence-corrected chi connectivity index (χ0v) is 11.2. The van der Waals surface area contributed by atoms with E-state index >= 15 is 0 Å². The molecule has 20 heavy (non-hydrogen) atoms. The number of hydrogen-bond acceptors (Lipinski definition) is 3. The number of carbonyl (C=O) groups is 2. The molecule has 1 aromatic rings. The van der Waals surface area contributed by atoms with Crippen LogP contribution in [-0.4, -0.2) is 31.7 Å². The van der Waals surface area contributed by atoms with Crippen LogP contribution in [0.1, 0.15) is 60.0 Å². The van der Waals surface area contributed by atoms with Gasteiger partial charge in [0.2, 0.25) is 0 Å². The minimum atomic E-state index is -1.05. The first kappa shape index (κ1) is 13.1. The van der Waals surface area contributed by atoms with Crippen molar-refractivity contribution in [3.8, 4) is 0 Å². The van der Waals surface area contributed by atoms with Crippen molar-refractivity contribution in [2.75, 3.05) is 0 Å². The van der Waals surface area contributed by atoms with Crippen molar-refractivity contribution < 1.29 is 19.8 Å². The predicted molar refractivity (Wildman–Crippen MR) is 69.8 cm³/mol. The molecule has 0 saturated heterocycles. The lowest BCUT2D eigenvalue weighted by Gasteiger charge is -2.23. The average molecular weight is 278 g/mol. The number of imidazole rings is 1. The second-order valence-corrected chi connectivity index (χ2v) is 5.73. The predicted octanol–water partition coefficient (Wildman–Crippen LogP) is 1.89. The van der Waals surface area contributed by atoms with Crippen molar-refractivity contribution in [2.45, 2.75) is 51.0 Å². The standard InChI is InChI=1S/C14H18N2O4/c17-13(18)9-5-6-16-10(7-9)11(14(19)20)15-12(16)8-3-1-2-4-8/h8-9H,1-7H2,(H,17,18)(H,19,20). The van der Waals surface area contributed by atoms with E-state index in [2.05, 4.69) is 4.98 Å². The maximum atomic E-state index is 11.4. The summed E-state index contributed by atoms with van der Waals surface area (Å²) in [5, 5.41) is 18.4. The molecule has 1 saturated carbocycles. The number of rotatable bonds is 3. The van der Waals surface area contributed by atoms with E-state index < -0.39 is 17.9 Å². The molecule has 1 unspecified atom stereocenters. The molecule has 1 atom stereocenters. The summed E-state index contributed by atoms with van der Waals surface area (Å²) in [4.78, 5) is 26.8. The summed E-state index contributed by atoms with van der Waals surface area (Å²) in [5.74, 6) is -1.20. The first-order valence-corrected chi connectivity index (χ1v) is 7.13. The highest BCUT2D eigenvalue weighted by atomic mass is 16.4. The van der Waals surface area contributed by atoms with Crippen molar-refractivity contribution in [3.05, 3.63) is 17.2 Å². The highest BCUT2D eigenvalue weighted by Crippen LogP contribution is 2.36. The number of fused-ring (bicyclic) bond motifs is 1. The third kappa shape index (κ3) is 2.09. The van der Waals surface area contributed by atoms with Crippen molar-refractivity contribution in [2.24, 2.45) is 5.92 Å². The Morgan fingerprint density at radius 2 is 1.85 bits per heavy atom. The lowest BCUT2D eigenvalue weighted by Crippen LogP contribution is -2.27. The summed E-state index contributed by atoms with van der Waals surface area (Å²) in [6.07, 6.45) is 5.25. The number of hydrogen-bond donors (Lipinski definition) is 2. The lowest BCUT2D eigenvalue weighted by molar-refractivity contribution is -0.142. The molecular weight excluding hydrogens is 260 g/mol. The van der Waals surface area contributed by atoms with Crippen LogP contribution in [0.25, 0.3) is 0 Å². The van der Waals surface area contributed by atoms with Gasteiger partial charge in [-0.05, 0) is 19.3 Å². The molecule has 6 heteroatoms. The Morgan fingerprint density at radius 3 is 2.45 bits per heavy atom. The van der Waals surface area contributed by atoms with Crippen LogP contribution in [0.5, 0.6) is 0 Å². The van der Waals surface area contributed by atoms with E-state index in [0.29, 0.717) is 24.6 Å². The maximum absolute atomic E-state index is 11.4. The van der Waals surface area contributed by atoms with Gasteiger partial charge in [0.25, 0.3) is 0 Å². The lowest BCUT2D eigenvalue weighted by atomic mass is 9.95. The van der Waals surface area contributed by atoms with E-state index in [1.54, 1.807) is 0 Å². The molecule has 0 bridgehead atoms. The molecular formula is C14H18N2O4. The highest BCUT2D eigenvalue weighted by Gasteiger charge is 2.34. The molecule has 1 aromatic heterocycles. The summed E-state index contributed by atoms with van der Waals surface area (Å²) < 4.78 is 1.97. The molecule has 6 nitrogen and oxygen atoms in total. The zero-order chi connectivity index (χ0) is 14.3. The molecule has 0 amide bonds. The van der Waals surface area contributed by atoms with E-state index in [0.717, 1.165) is 31.5 Å². The number of nitrogens with zero attached hydrogens (tertiary/aromatic N) is 2. The van der Waals surface area contributed by atoms with Crippen LogP contribution in [0.3, 0.4) is 0 Å². The van der Waals surface area contributed by atoms with E-state index in [1.165, 1.54) is 0 Å². The quantitative estimate of drug-likeness (QED) is 0.880. The Morgan fingerprint density at radius 1 is 1.15 bits per heavy atom. The van der Waals surface area contributed by atoms with Crippen LogP contribution in [0.15, 0.2) is 0 Å². The smallest absolute Gasteiger partial charge is 0.356 e. The Labute approximate surface area is 116 Å². The summed E-state index contributed by atoms with van der Waals surface area (Å²) in [5.41, 5.74) is 0.649. The van der Waals surface area contributed by atoms with Crippen LogP contribution in [0.2, 0.25) is 0 Å².